The number of hydrogen-bond acceptors (Lipinski definition) is 7. The molecular weight excluding hydrogens is 204 g/mol. The van der Waals surface area contributed by atoms with E-state index in [1.807, 2.05) is 0 Å². The smallest absolute Gasteiger partial charge is 0.325 e. The molecular formula is C8H16N2O5. The van der Waals surface area contributed by atoms with Gasteiger partial charge in [-0.2, -0.15) is 0 Å². The molecule has 0 radical (unpaired) electrons. The number of ether oxygens (including phenoxy) is 3. The zero-order valence-electron chi connectivity index (χ0n) is 8.76. The third-order valence-corrected chi connectivity index (χ3v) is 1.60. The molecule has 0 aromatic carbocycles. The third-order valence-electron chi connectivity index (χ3n) is 1.60. The zero-order chi connectivity index (χ0) is 11.8. The molecule has 0 aliphatic carbocycles. The Labute approximate surface area is 87.6 Å². The lowest BCUT2D eigenvalue weighted by Crippen LogP contribution is -2.40. The van der Waals surface area contributed by atoms with E-state index in [4.69, 9.17) is 16.2 Å². The number of methoxy groups -OCH3 is 2. The predicted molar refractivity (Wildman–Crippen MR) is 50.8 cm³/mol. The van der Waals surface area contributed by atoms with Gasteiger partial charge in [-0.1, -0.05) is 0 Å². The molecule has 2 atom stereocenters. The van der Waals surface area contributed by atoms with Crippen LogP contribution in [-0.2, 0) is 23.8 Å². The van der Waals surface area contributed by atoms with Crippen molar-refractivity contribution in [3.63, 3.8) is 0 Å². The van der Waals surface area contributed by atoms with Crippen LogP contribution in [0.3, 0.4) is 0 Å². The Balaban J connectivity index is 3.70. The number of hydrogen-bond donors (Lipinski definition) is 2. The Hall–Kier alpha value is -1.18. The lowest BCUT2D eigenvalue weighted by atomic mass is 10.3. The minimum atomic E-state index is -0.875. The van der Waals surface area contributed by atoms with Gasteiger partial charge in [0.1, 0.15) is 12.1 Å². The molecule has 15 heavy (non-hydrogen) atoms. The maximum absolute atomic E-state index is 10.8. The lowest BCUT2D eigenvalue weighted by molar-refractivity contribution is -0.145. The molecule has 0 aromatic rings. The minimum absolute atomic E-state index is 0.0582. The Morgan fingerprint density at radius 3 is 1.60 bits per heavy atom. The molecule has 0 fully saturated rings. The number of nitrogens with two attached hydrogens (primary N) is 2. The molecule has 0 bridgehead atoms. The van der Waals surface area contributed by atoms with Crippen LogP contribution in [0.5, 0.6) is 0 Å². The van der Waals surface area contributed by atoms with Crippen molar-refractivity contribution in [1.82, 2.24) is 0 Å². The molecule has 0 saturated carbocycles. The molecule has 0 rings (SSSR count). The summed E-state index contributed by atoms with van der Waals surface area (Å²) in [7, 11) is 2.45. The largest absolute Gasteiger partial charge is 0.468 e. The van der Waals surface area contributed by atoms with Crippen LogP contribution >= 0.6 is 0 Å². The van der Waals surface area contributed by atoms with Gasteiger partial charge in [0, 0.05) is 0 Å². The van der Waals surface area contributed by atoms with E-state index in [9.17, 15) is 9.59 Å². The molecule has 0 spiro atoms. The van der Waals surface area contributed by atoms with Crippen molar-refractivity contribution in [2.24, 2.45) is 11.5 Å². The van der Waals surface area contributed by atoms with Crippen LogP contribution in [0.25, 0.3) is 0 Å². The van der Waals surface area contributed by atoms with Crippen LogP contribution in [0.15, 0.2) is 0 Å². The second-order valence-corrected chi connectivity index (χ2v) is 2.80. The van der Waals surface area contributed by atoms with E-state index in [0.717, 1.165) is 0 Å². The summed E-state index contributed by atoms with van der Waals surface area (Å²) >= 11 is 0. The monoisotopic (exact) mass is 220 g/mol. The summed E-state index contributed by atoms with van der Waals surface area (Å²) in [5.41, 5.74) is 10.7. The average molecular weight is 220 g/mol. The maximum Gasteiger partial charge on any atom is 0.325 e. The fraction of sp³-hybridized carbons (Fsp3) is 0.750. The van der Waals surface area contributed by atoms with E-state index < -0.39 is 24.0 Å². The fourth-order valence-electron chi connectivity index (χ4n) is 0.761. The summed E-state index contributed by atoms with van der Waals surface area (Å²) < 4.78 is 13.7. The summed E-state index contributed by atoms with van der Waals surface area (Å²) in [5.74, 6) is -1.16. The first-order chi connectivity index (χ1) is 7.02. The van der Waals surface area contributed by atoms with Crippen molar-refractivity contribution in [3.05, 3.63) is 0 Å². The van der Waals surface area contributed by atoms with Crippen LogP contribution in [0, 0.1) is 0 Å². The fourth-order valence-corrected chi connectivity index (χ4v) is 0.761. The zero-order valence-corrected chi connectivity index (χ0v) is 8.76. The van der Waals surface area contributed by atoms with Crippen LogP contribution in [-0.4, -0.2) is 51.5 Å². The molecule has 0 aliphatic heterocycles. The van der Waals surface area contributed by atoms with E-state index >= 15 is 0 Å². The Bertz CT molecular complexity index is 199. The van der Waals surface area contributed by atoms with E-state index in [1.54, 1.807) is 0 Å². The molecule has 88 valence electrons. The average Bonchev–Trinajstić information content (AvgIpc) is 2.26. The summed E-state index contributed by atoms with van der Waals surface area (Å²) in [6, 6.07) is -1.75. The Morgan fingerprint density at radius 1 is 1.00 bits per heavy atom. The summed E-state index contributed by atoms with van der Waals surface area (Å²) in [5, 5.41) is 0. The number of carbonyl (C=O) groups excluding carboxylic acids is 2. The molecule has 0 aliphatic rings. The van der Waals surface area contributed by atoms with Gasteiger partial charge >= 0.3 is 11.9 Å². The SMILES string of the molecule is COC(=O)C(N)COCC(N)C(=O)OC. The lowest BCUT2D eigenvalue weighted by Gasteiger charge is -2.12. The highest BCUT2D eigenvalue weighted by molar-refractivity contribution is 5.76. The van der Waals surface area contributed by atoms with Gasteiger partial charge in [-0.25, -0.2) is 0 Å². The predicted octanol–water partition coefficient (Wildman–Crippen LogP) is -2.00. The van der Waals surface area contributed by atoms with Gasteiger partial charge in [0.25, 0.3) is 0 Å². The minimum Gasteiger partial charge on any atom is -0.468 e. The first-order valence-electron chi connectivity index (χ1n) is 4.27. The van der Waals surface area contributed by atoms with Crippen LogP contribution in [0.2, 0.25) is 0 Å². The van der Waals surface area contributed by atoms with E-state index in [1.165, 1.54) is 14.2 Å². The van der Waals surface area contributed by atoms with Crippen LogP contribution in [0.1, 0.15) is 0 Å². The Kier molecular flexibility index (Phi) is 6.59. The van der Waals surface area contributed by atoms with Crippen molar-refractivity contribution in [2.45, 2.75) is 12.1 Å². The van der Waals surface area contributed by atoms with Gasteiger partial charge in [-0.15, -0.1) is 0 Å². The maximum atomic E-state index is 10.8. The normalized spacial score (nSPS) is 14.1. The van der Waals surface area contributed by atoms with Gasteiger partial charge in [-0.3, -0.25) is 9.59 Å². The molecule has 7 nitrogen and oxygen atoms in total. The first kappa shape index (κ1) is 13.8. The molecule has 7 heteroatoms. The van der Waals surface area contributed by atoms with Crippen molar-refractivity contribution < 1.29 is 23.8 Å². The molecule has 0 aromatic heterocycles. The van der Waals surface area contributed by atoms with Crippen molar-refractivity contribution in [2.75, 3.05) is 27.4 Å². The molecule has 4 N–H and O–H groups in total. The standard InChI is InChI=1S/C8H16N2O5/c1-13-7(11)5(9)3-15-4-6(10)8(12)14-2/h5-6H,3-4,9-10H2,1-2H3. The highest BCUT2D eigenvalue weighted by Gasteiger charge is 2.17. The third kappa shape index (κ3) is 5.31. The summed E-state index contributed by atoms with van der Waals surface area (Å²) in [6.45, 7) is -0.116. The van der Waals surface area contributed by atoms with Gasteiger partial charge in [0.2, 0.25) is 0 Å². The van der Waals surface area contributed by atoms with Crippen LogP contribution < -0.4 is 11.5 Å². The molecule has 0 saturated heterocycles. The second-order valence-electron chi connectivity index (χ2n) is 2.80. The van der Waals surface area contributed by atoms with Crippen molar-refractivity contribution in [3.8, 4) is 0 Å². The molecule has 2 unspecified atom stereocenters. The van der Waals surface area contributed by atoms with E-state index in [0.29, 0.717) is 0 Å². The number of esters is 2. The summed E-state index contributed by atoms with van der Waals surface area (Å²) in [4.78, 5) is 21.7. The first-order valence-corrected chi connectivity index (χ1v) is 4.27. The molecule has 0 amide bonds. The highest BCUT2D eigenvalue weighted by Crippen LogP contribution is 1.89. The second kappa shape index (κ2) is 7.16. The van der Waals surface area contributed by atoms with Crippen molar-refractivity contribution >= 4 is 11.9 Å². The Morgan fingerprint density at radius 2 is 1.33 bits per heavy atom. The quantitative estimate of drug-likeness (QED) is 0.498. The van der Waals surface area contributed by atoms with Gasteiger partial charge in [0.05, 0.1) is 27.4 Å². The van der Waals surface area contributed by atoms with Crippen LogP contribution in [0.4, 0.5) is 0 Å². The van der Waals surface area contributed by atoms with E-state index in [-0.39, 0.29) is 13.2 Å². The number of rotatable bonds is 6. The van der Waals surface area contributed by atoms with E-state index in [2.05, 4.69) is 9.47 Å². The van der Waals surface area contributed by atoms with Gasteiger partial charge in [0.15, 0.2) is 0 Å². The molecule has 0 heterocycles. The number of carbonyl (C=O) groups is 2. The summed E-state index contributed by atoms with van der Waals surface area (Å²) in [6.07, 6.45) is 0. The topological polar surface area (TPSA) is 114 Å². The van der Waals surface area contributed by atoms with Crippen molar-refractivity contribution in [1.29, 1.82) is 0 Å². The van der Waals surface area contributed by atoms with Gasteiger partial charge in [-0.05, 0) is 0 Å². The van der Waals surface area contributed by atoms with Gasteiger partial charge < -0.3 is 25.7 Å². The highest BCUT2D eigenvalue weighted by atomic mass is 16.5.